The molecule has 1 heterocycles. The molecule has 0 unspecified atom stereocenters. The average Bonchev–Trinajstić information content (AvgIpc) is 2.21. The summed E-state index contributed by atoms with van der Waals surface area (Å²) in [6.45, 7) is 7.40. The summed E-state index contributed by atoms with van der Waals surface area (Å²) in [5, 5.41) is 13.2. The normalized spacial score (nSPS) is 24.0. The molecule has 1 radical (unpaired) electrons. The number of ether oxygens (including phenoxy) is 1. The fourth-order valence-electron chi connectivity index (χ4n) is 2.66. The monoisotopic (exact) mass is 238 g/mol. The number of hydroxylamine groups is 2. The predicted octanol–water partition coefficient (Wildman–Crippen LogP) is 1.78. The molecule has 1 aliphatic rings. The molecule has 0 aromatic rings. The predicted molar refractivity (Wildman–Crippen MR) is 63.2 cm³/mol. The maximum absolute atomic E-state index is 12.1. The Balaban J connectivity index is 2.78. The molecule has 4 nitrogen and oxygen atoms in total. The molecule has 1 aliphatic heterocycles. The number of carbonyl (C=O) groups excluding carboxylic acids is 1. The van der Waals surface area contributed by atoms with Crippen molar-refractivity contribution < 1.29 is 14.7 Å². The maximum atomic E-state index is 12.1. The quantitative estimate of drug-likeness (QED) is 0.544. The third kappa shape index (κ3) is 2.99. The minimum absolute atomic E-state index is 0.00270. The van der Waals surface area contributed by atoms with Crippen molar-refractivity contribution in [2.24, 2.45) is 5.92 Å². The molecular weight excluding hydrogens is 218 g/mol. The van der Waals surface area contributed by atoms with Gasteiger partial charge in [-0.1, -0.05) is 5.92 Å². The van der Waals surface area contributed by atoms with Crippen LogP contribution in [0.25, 0.3) is 0 Å². The van der Waals surface area contributed by atoms with Crippen molar-refractivity contribution in [3.63, 3.8) is 0 Å². The van der Waals surface area contributed by atoms with E-state index < -0.39 is 11.1 Å². The van der Waals surface area contributed by atoms with E-state index in [0.29, 0.717) is 12.8 Å². The largest absolute Gasteiger partial charge is 0.452 e. The van der Waals surface area contributed by atoms with E-state index in [1.165, 1.54) is 0 Å². The van der Waals surface area contributed by atoms with Crippen LogP contribution in [0.15, 0.2) is 0 Å². The van der Waals surface area contributed by atoms with Crippen LogP contribution >= 0.6 is 0 Å². The Morgan fingerprint density at radius 2 is 1.82 bits per heavy atom. The smallest absolute Gasteiger partial charge is 0.310 e. The van der Waals surface area contributed by atoms with Gasteiger partial charge in [-0.05, 0) is 40.5 Å². The minimum atomic E-state index is -0.554. The van der Waals surface area contributed by atoms with Crippen molar-refractivity contribution in [2.45, 2.75) is 51.6 Å². The van der Waals surface area contributed by atoms with Crippen molar-refractivity contribution in [1.29, 1.82) is 0 Å². The Morgan fingerprint density at radius 1 is 1.35 bits per heavy atom. The number of hydrogen-bond donors (Lipinski definition) is 0. The second kappa shape index (κ2) is 4.67. The van der Waals surface area contributed by atoms with Gasteiger partial charge in [0.1, 0.15) is 0 Å². The zero-order chi connectivity index (χ0) is 13.3. The van der Waals surface area contributed by atoms with Gasteiger partial charge in [-0.25, -0.2) is 0 Å². The van der Waals surface area contributed by atoms with Gasteiger partial charge in [-0.3, -0.25) is 4.79 Å². The molecule has 0 spiro atoms. The van der Waals surface area contributed by atoms with E-state index in [9.17, 15) is 10.0 Å². The zero-order valence-electron chi connectivity index (χ0n) is 10.9. The van der Waals surface area contributed by atoms with Crippen molar-refractivity contribution >= 4 is 5.97 Å². The van der Waals surface area contributed by atoms with Crippen molar-refractivity contribution in [3.05, 3.63) is 0 Å². The van der Waals surface area contributed by atoms with Gasteiger partial charge in [-0.2, -0.15) is 0 Å². The van der Waals surface area contributed by atoms with Gasteiger partial charge >= 0.3 is 5.97 Å². The summed E-state index contributed by atoms with van der Waals surface area (Å²) in [5.41, 5.74) is -1.11. The van der Waals surface area contributed by atoms with Gasteiger partial charge in [0.05, 0.1) is 5.92 Å². The maximum Gasteiger partial charge on any atom is 0.310 e. The van der Waals surface area contributed by atoms with Crippen LogP contribution in [0.3, 0.4) is 0 Å². The van der Waals surface area contributed by atoms with E-state index in [-0.39, 0.29) is 18.5 Å². The molecule has 4 heteroatoms. The summed E-state index contributed by atoms with van der Waals surface area (Å²) in [5.74, 6) is 1.73. The summed E-state index contributed by atoms with van der Waals surface area (Å²) in [6.07, 6.45) is 6.06. The number of nitrogens with zero attached hydrogens (tertiary/aromatic N) is 1. The SMILES string of the molecule is C#CCOC(=O)C1CC(C)(C)N([O])C(C)(C)C1. The van der Waals surface area contributed by atoms with Crippen LogP contribution in [0.2, 0.25) is 0 Å². The fourth-order valence-corrected chi connectivity index (χ4v) is 2.66. The van der Waals surface area contributed by atoms with Gasteiger partial charge < -0.3 is 4.74 Å². The summed E-state index contributed by atoms with van der Waals surface area (Å²) < 4.78 is 4.96. The molecule has 1 fully saturated rings. The molecule has 0 atom stereocenters. The van der Waals surface area contributed by atoms with Crippen LogP contribution in [0, 0.1) is 18.3 Å². The molecule has 1 saturated heterocycles. The van der Waals surface area contributed by atoms with Gasteiger partial charge in [-0.15, -0.1) is 16.7 Å². The minimum Gasteiger partial charge on any atom is -0.452 e. The zero-order valence-corrected chi connectivity index (χ0v) is 10.9. The van der Waals surface area contributed by atoms with Gasteiger partial charge in [0.25, 0.3) is 0 Å². The van der Waals surface area contributed by atoms with Crippen LogP contribution in [-0.4, -0.2) is 28.7 Å². The second-order valence-corrected chi connectivity index (χ2v) is 5.84. The van der Waals surface area contributed by atoms with Crippen molar-refractivity contribution in [3.8, 4) is 12.3 Å². The highest BCUT2D eigenvalue weighted by atomic mass is 16.5. The molecule has 1 rings (SSSR count). The Kier molecular flexibility index (Phi) is 3.85. The first kappa shape index (κ1) is 14.0. The molecule has 0 aliphatic carbocycles. The first-order valence-corrected chi connectivity index (χ1v) is 5.78. The molecule has 0 aromatic heterocycles. The first-order chi connectivity index (χ1) is 7.70. The van der Waals surface area contributed by atoms with Gasteiger partial charge in [0.15, 0.2) is 6.61 Å². The third-order valence-corrected chi connectivity index (χ3v) is 3.22. The highest BCUT2D eigenvalue weighted by molar-refractivity contribution is 5.73. The average molecular weight is 238 g/mol. The summed E-state index contributed by atoms with van der Waals surface area (Å²) in [6, 6.07) is 0. The molecule has 0 N–H and O–H groups in total. The van der Waals surface area contributed by atoms with Gasteiger partial charge in [0.2, 0.25) is 0 Å². The number of rotatable bonds is 2. The lowest BCUT2D eigenvalue weighted by molar-refractivity contribution is -0.293. The van der Waals surface area contributed by atoms with Crippen LogP contribution in [0.4, 0.5) is 0 Å². The lowest BCUT2D eigenvalue weighted by Crippen LogP contribution is -2.59. The molecular formula is C13H20NO3. The first-order valence-electron chi connectivity index (χ1n) is 5.78. The molecule has 0 aromatic carbocycles. The Morgan fingerprint density at radius 3 is 2.24 bits per heavy atom. The van der Waals surface area contributed by atoms with Crippen LogP contribution in [0.5, 0.6) is 0 Å². The molecule has 0 bridgehead atoms. The van der Waals surface area contributed by atoms with Crippen molar-refractivity contribution in [2.75, 3.05) is 6.61 Å². The summed E-state index contributed by atoms with van der Waals surface area (Å²) in [7, 11) is 0. The van der Waals surface area contributed by atoms with Gasteiger partial charge in [0, 0.05) is 11.1 Å². The number of terminal acetylenes is 1. The summed E-state index contributed by atoms with van der Waals surface area (Å²) in [4.78, 5) is 11.8. The van der Waals surface area contributed by atoms with Crippen LogP contribution in [-0.2, 0) is 14.7 Å². The molecule has 17 heavy (non-hydrogen) atoms. The van der Waals surface area contributed by atoms with E-state index >= 15 is 0 Å². The Bertz CT molecular complexity index is 323. The van der Waals surface area contributed by atoms with Crippen LogP contribution in [0.1, 0.15) is 40.5 Å². The number of carbonyl (C=O) groups is 1. The fraction of sp³-hybridized carbons (Fsp3) is 0.769. The number of piperidine rings is 1. The Labute approximate surface area is 103 Å². The highest BCUT2D eigenvalue weighted by Crippen LogP contribution is 2.40. The lowest BCUT2D eigenvalue weighted by Gasteiger charge is -2.49. The van der Waals surface area contributed by atoms with E-state index in [1.54, 1.807) is 0 Å². The lowest BCUT2D eigenvalue weighted by atomic mass is 9.75. The van der Waals surface area contributed by atoms with Crippen LogP contribution < -0.4 is 0 Å². The van der Waals surface area contributed by atoms with E-state index in [4.69, 9.17) is 11.2 Å². The summed E-state index contributed by atoms with van der Waals surface area (Å²) >= 11 is 0. The topological polar surface area (TPSA) is 49.4 Å². The van der Waals surface area contributed by atoms with E-state index in [1.807, 2.05) is 27.7 Å². The van der Waals surface area contributed by atoms with E-state index in [2.05, 4.69) is 5.92 Å². The highest BCUT2D eigenvalue weighted by Gasteiger charge is 2.48. The van der Waals surface area contributed by atoms with Crippen molar-refractivity contribution in [1.82, 2.24) is 5.06 Å². The standard InChI is InChI=1S/C13H20NO3/c1-6-7-17-11(15)10-8-12(2,3)14(16)13(4,5)9-10/h1,10H,7-9H2,2-5H3. The molecule has 0 amide bonds. The number of hydrogen-bond acceptors (Lipinski definition) is 3. The third-order valence-electron chi connectivity index (χ3n) is 3.22. The number of esters is 1. The molecule has 95 valence electrons. The molecule has 0 saturated carbocycles. The van der Waals surface area contributed by atoms with E-state index in [0.717, 1.165) is 5.06 Å². The second-order valence-electron chi connectivity index (χ2n) is 5.84. The Hall–Kier alpha value is -1.05.